The molecule has 0 N–H and O–H groups in total. The van der Waals surface area contributed by atoms with Crippen LogP contribution < -0.4 is 4.74 Å². The molecule has 1 unspecified atom stereocenters. The van der Waals surface area contributed by atoms with Gasteiger partial charge in [-0.05, 0) is 44.4 Å². The molecule has 0 amide bonds. The van der Waals surface area contributed by atoms with E-state index in [-0.39, 0.29) is 5.54 Å². The fourth-order valence-corrected chi connectivity index (χ4v) is 5.32. The van der Waals surface area contributed by atoms with Crippen LogP contribution in [0.2, 0.25) is 0 Å². The third kappa shape index (κ3) is 4.32. The Kier molecular flexibility index (Phi) is 5.74. The SMILES string of the molecule is COc1ccc(CN2CC3CN(C4CCOCC4)CCN3C(C)(C)C2)cc1. The molecule has 0 aliphatic carbocycles. The van der Waals surface area contributed by atoms with Crippen LogP contribution in [0.3, 0.4) is 0 Å². The Morgan fingerprint density at radius 3 is 2.48 bits per heavy atom. The topological polar surface area (TPSA) is 28.2 Å². The zero-order valence-electron chi connectivity index (χ0n) is 17.2. The maximum atomic E-state index is 5.58. The molecule has 0 saturated carbocycles. The number of methoxy groups -OCH3 is 1. The van der Waals surface area contributed by atoms with Gasteiger partial charge in [-0.3, -0.25) is 14.7 Å². The number of piperazine rings is 2. The molecular formula is C22H35N3O2. The normalized spacial score (nSPS) is 28.0. The Labute approximate surface area is 164 Å². The van der Waals surface area contributed by atoms with Crippen molar-refractivity contribution in [1.82, 2.24) is 14.7 Å². The lowest BCUT2D eigenvalue weighted by Gasteiger charge is -2.56. The van der Waals surface area contributed by atoms with E-state index < -0.39 is 0 Å². The monoisotopic (exact) mass is 373 g/mol. The molecule has 5 nitrogen and oxygen atoms in total. The summed E-state index contributed by atoms with van der Waals surface area (Å²) in [6.07, 6.45) is 2.40. The Hall–Kier alpha value is -1.14. The van der Waals surface area contributed by atoms with Gasteiger partial charge in [-0.25, -0.2) is 0 Å². The molecule has 1 aromatic carbocycles. The van der Waals surface area contributed by atoms with Crippen LogP contribution in [0.25, 0.3) is 0 Å². The first kappa shape index (κ1) is 19.2. The minimum Gasteiger partial charge on any atom is -0.497 e. The number of rotatable bonds is 4. The summed E-state index contributed by atoms with van der Waals surface area (Å²) in [4.78, 5) is 8.17. The average Bonchev–Trinajstić information content (AvgIpc) is 2.68. The molecule has 3 aliphatic rings. The fraction of sp³-hybridized carbons (Fsp3) is 0.727. The van der Waals surface area contributed by atoms with E-state index in [1.54, 1.807) is 7.11 Å². The van der Waals surface area contributed by atoms with Gasteiger partial charge in [0.25, 0.3) is 0 Å². The molecule has 1 aromatic rings. The van der Waals surface area contributed by atoms with Gasteiger partial charge in [-0.1, -0.05) is 12.1 Å². The highest BCUT2D eigenvalue weighted by Crippen LogP contribution is 2.30. The van der Waals surface area contributed by atoms with Crippen molar-refractivity contribution in [2.75, 3.05) is 53.0 Å². The second-order valence-electron chi connectivity index (χ2n) is 9.02. The molecule has 0 aromatic heterocycles. The van der Waals surface area contributed by atoms with Crippen molar-refractivity contribution in [2.24, 2.45) is 0 Å². The standard InChI is InChI=1S/C22H35N3O2/c1-22(2)17-23(14-18-4-6-21(26-3)7-5-18)15-20-16-24(10-11-25(20)22)19-8-12-27-13-9-19/h4-7,19-20H,8-17H2,1-3H3. The maximum Gasteiger partial charge on any atom is 0.118 e. The van der Waals surface area contributed by atoms with Gasteiger partial charge >= 0.3 is 0 Å². The lowest BCUT2D eigenvalue weighted by molar-refractivity contribution is -0.0834. The van der Waals surface area contributed by atoms with Crippen LogP contribution in [0.4, 0.5) is 0 Å². The van der Waals surface area contributed by atoms with Crippen molar-refractivity contribution in [2.45, 2.75) is 50.9 Å². The van der Waals surface area contributed by atoms with E-state index in [0.29, 0.717) is 6.04 Å². The number of nitrogens with zero attached hydrogens (tertiary/aromatic N) is 3. The van der Waals surface area contributed by atoms with Crippen LogP contribution in [0.15, 0.2) is 24.3 Å². The first-order valence-corrected chi connectivity index (χ1v) is 10.5. The molecule has 1 atom stereocenters. The molecule has 150 valence electrons. The zero-order chi connectivity index (χ0) is 18.9. The summed E-state index contributed by atoms with van der Waals surface area (Å²) < 4.78 is 10.9. The number of benzene rings is 1. The average molecular weight is 374 g/mol. The number of hydrogen-bond donors (Lipinski definition) is 0. The summed E-state index contributed by atoms with van der Waals surface area (Å²) in [6, 6.07) is 9.90. The van der Waals surface area contributed by atoms with Crippen LogP contribution in [0.5, 0.6) is 5.75 Å². The van der Waals surface area contributed by atoms with Crippen LogP contribution in [-0.4, -0.2) is 85.4 Å². The zero-order valence-corrected chi connectivity index (χ0v) is 17.2. The molecule has 3 saturated heterocycles. The third-order valence-corrected chi connectivity index (χ3v) is 6.64. The largest absolute Gasteiger partial charge is 0.497 e. The van der Waals surface area contributed by atoms with E-state index in [2.05, 4.69) is 52.8 Å². The van der Waals surface area contributed by atoms with Gasteiger partial charge in [0.2, 0.25) is 0 Å². The van der Waals surface area contributed by atoms with Gasteiger partial charge in [0.05, 0.1) is 7.11 Å². The molecule has 3 heterocycles. The summed E-state index contributed by atoms with van der Waals surface area (Å²) in [5, 5.41) is 0. The van der Waals surface area contributed by atoms with Gasteiger partial charge in [0.1, 0.15) is 5.75 Å². The molecule has 3 aliphatic heterocycles. The van der Waals surface area contributed by atoms with E-state index in [0.717, 1.165) is 44.6 Å². The molecule has 0 spiro atoms. The van der Waals surface area contributed by atoms with Crippen LogP contribution in [0.1, 0.15) is 32.3 Å². The maximum absolute atomic E-state index is 5.58. The van der Waals surface area contributed by atoms with Crippen molar-refractivity contribution in [1.29, 1.82) is 0 Å². The molecule has 0 bridgehead atoms. The highest BCUT2D eigenvalue weighted by atomic mass is 16.5. The Morgan fingerprint density at radius 1 is 1.04 bits per heavy atom. The highest BCUT2D eigenvalue weighted by Gasteiger charge is 2.43. The van der Waals surface area contributed by atoms with Crippen molar-refractivity contribution < 1.29 is 9.47 Å². The molecular weight excluding hydrogens is 338 g/mol. The Bertz CT molecular complexity index is 612. The van der Waals surface area contributed by atoms with Crippen LogP contribution in [0, 0.1) is 0 Å². The summed E-state index contributed by atoms with van der Waals surface area (Å²) in [5.41, 5.74) is 1.61. The Morgan fingerprint density at radius 2 is 1.78 bits per heavy atom. The van der Waals surface area contributed by atoms with E-state index >= 15 is 0 Å². The number of ether oxygens (including phenoxy) is 2. The van der Waals surface area contributed by atoms with Gasteiger partial charge in [0, 0.05) is 70.1 Å². The van der Waals surface area contributed by atoms with Crippen molar-refractivity contribution in [3.05, 3.63) is 29.8 Å². The van der Waals surface area contributed by atoms with Crippen molar-refractivity contribution >= 4 is 0 Å². The fourth-order valence-electron chi connectivity index (χ4n) is 5.32. The quantitative estimate of drug-likeness (QED) is 0.808. The second-order valence-corrected chi connectivity index (χ2v) is 9.02. The molecule has 4 rings (SSSR count). The minimum atomic E-state index is 0.233. The summed E-state index contributed by atoms with van der Waals surface area (Å²) in [7, 11) is 1.73. The molecule has 27 heavy (non-hydrogen) atoms. The number of hydrogen-bond acceptors (Lipinski definition) is 5. The Balaban J connectivity index is 1.42. The van der Waals surface area contributed by atoms with E-state index in [1.165, 1.54) is 38.0 Å². The van der Waals surface area contributed by atoms with Crippen LogP contribution >= 0.6 is 0 Å². The van der Waals surface area contributed by atoms with E-state index in [4.69, 9.17) is 9.47 Å². The van der Waals surface area contributed by atoms with Gasteiger partial charge in [-0.15, -0.1) is 0 Å². The van der Waals surface area contributed by atoms with Gasteiger partial charge < -0.3 is 9.47 Å². The first-order valence-electron chi connectivity index (χ1n) is 10.5. The molecule has 5 heteroatoms. The second kappa shape index (κ2) is 8.08. The van der Waals surface area contributed by atoms with E-state index in [1.807, 2.05) is 0 Å². The lowest BCUT2D eigenvalue weighted by atomic mass is 9.91. The van der Waals surface area contributed by atoms with Crippen LogP contribution in [-0.2, 0) is 11.3 Å². The smallest absolute Gasteiger partial charge is 0.118 e. The first-order chi connectivity index (χ1) is 13.0. The van der Waals surface area contributed by atoms with Gasteiger partial charge in [0.15, 0.2) is 0 Å². The lowest BCUT2D eigenvalue weighted by Crippen LogP contribution is -2.70. The minimum absolute atomic E-state index is 0.233. The predicted molar refractivity (Wildman–Crippen MR) is 108 cm³/mol. The van der Waals surface area contributed by atoms with Crippen molar-refractivity contribution in [3.8, 4) is 5.75 Å². The van der Waals surface area contributed by atoms with Gasteiger partial charge in [-0.2, -0.15) is 0 Å². The summed E-state index contributed by atoms with van der Waals surface area (Å²) >= 11 is 0. The van der Waals surface area contributed by atoms with E-state index in [9.17, 15) is 0 Å². The summed E-state index contributed by atoms with van der Waals surface area (Å²) in [5.74, 6) is 0.934. The molecule has 3 fully saturated rings. The molecule has 0 radical (unpaired) electrons. The summed E-state index contributed by atoms with van der Waals surface area (Å²) in [6.45, 7) is 13.6. The third-order valence-electron chi connectivity index (χ3n) is 6.64. The number of fused-ring (bicyclic) bond motifs is 1. The van der Waals surface area contributed by atoms with Crippen molar-refractivity contribution in [3.63, 3.8) is 0 Å². The highest BCUT2D eigenvalue weighted by molar-refractivity contribution is 5.27. The predicted octanol–water partition coefficient (Wildman–Crippen LogP) is 2.45.